The number of halogens is 3. The predicted octanol–water partition coefficient (Wildman–Crippen LogP) is 1.95. The predicted molar refractivity (Wildman–Crippen MR) is 50.6 cm³/mol. The molecule has 2 N–H and O–H groups in total. The van der Waals surface area contributed by atoms with Gasteiger partial charge in [-0.1, -0.05) is 6.92 Å². The Morgan fingerprint density at radius 3 is 2.56 bits per heavy atom. The number of nitrogens with one attached hydrogen (secondary N) is 1. The average Bonchev–Trinajstić information content (AvgIpc) is 2.28. The van der Waals surface area contributed by atoms with Crippen LogP contribution >= 0.6 is 0 Å². The Balaban J connectivity index is 3.10. The van der Waals surface area contributed by atoms with E-state index < -0.39 is 34.7 Å². The lowest BCUT2D eigenvalue weighted by molar-refractivity contribution is 0.0948. The van der Waals surface area contributed by atoms with Crippen LogP contribution in [0.3, 0.4) is 0 Å². The van der Waals surface area contributed by atoms with Crippen LogP contribution in [0.4, 0.5) is 13.2 Å². The van der Waals surface area contributed by atoms with Crippen molar-refractivity contribution in [3.63, 3.8) is 0 Å². The van der Waals surface area contributed by atoms with Crippen LogP contribution < -0.4 is 5.32 Å². The smallest absolute Gasteiger partial charge is 0.254 e. The molecule has 0 spiro atoms. The Bertz CT molecular complexity index is 421. The molecule has 16 heavy (non-hydrogen) atoms. The third kappa shape index (κ3) is 2.26. The fraction of sp³-hybridized carbons (Fsp3) is 0.300. The van der Waals surface area contributed by atoms with Gasteiger partial charge >= 0.3 is 0 Å². The first-order valence-corrected chi connectivity index (χ1v) is 4.63. The van der Waals surface area contributed by atoms with Gasteiger partial charge in [-0.05, 0) is 12.5 Å². The Morgan fingerprint density at radius 2 is 2.00 bits per heavy atom. The van der Waals surface area contributed by atoms with E-state index in [0.717, 1.165) is 0 Å². The molecule has 1 aromatic carbocycles. The molecule has 0 aliphatic carbocycles. The maximum atomic E-state index is 13.2. The van der Waals surface area contributed by atoms with E-state index in [9.17, 15) is 18.0 Å². The number of carbonyl (C=O) groups excluding carboxylic acids is 1. The van der Waals surface area contributed by atoms with Gasteiger partial charge in [0.2, 0.25) is 5.82 Å². The van der Waals surface area contributed by atoms with E-state index in [4.69, 9.17) is 5.11 Å². The highest BCUT2D eigenvalue weighted by atomic mass is 19.2. The van der Waals surface area contributed by atoms with E-state index in [2.05, 4.69) is 5.32 Å². The van der Waals surface area contributed by atoms with Crippen molar-refractivity contribution < 1.29 is 23.1 Å². The third-order valence-electron chi connectivity index (χ3n) is 1.91. The SMILES string of the molecule is CCCNC(=O)c1cc(F)c(F)c(O)c1F. The van der Waals surface area contributed by atoms with Crippen molar-refractivity contribution in [1.82, 2.24) is 5.32 Å². The van der Waals surface area contributed by atoms with Gasteiger partial charge in [0.25, 0.3) is 5.91 Å². The average molecular weight is 233 g/mol. The number of aromatic hydroxyl groups is 1. The summed E-state index contributed by atoms with van der Waals surface area (Å²) in [5.74, 6) is -7.02. The van der Waals surface area contributed by atoms with E-state index in [0.29, 0.717) is 12.5 Å². The fourth-order valence-corrected chi connectivity index (χ4v) is 1.09. The Morgan fingerprint density at radius 1 is 1.38 bits per heavy atom. The second-order valence-corrected chi connectivity index (χ2v) is 3.14. The third-order valence-corrected chi connectivity index (χ3v) is 1.91. The van der Waals surface area contributed by atoms with Crippen LogP contribution in [0, 0.1) is 17.5 Å². The molecule has 0 aliphatic heterocycles. The van der Waals surface area contributed by atoms with Crippen LogP contribution in [0.2, 0.25) is 0 Å². The Hall–Kier alpha value is -1.72. The van der Waals surface area contributed by atoms with Gasteiger partial charge in [-0.3, -0.25) is 4.79 Å². The zero-order valence-corrected chi connectivity index (χ0v) is 8.48. The molecule has 0 saturated heterocycles. The maximum Gasteiger partial charge on any atom is 0.254 e. The zero-order valence-electron chi connectivity index (χ0n) is 8.48. The minimum Gasteiger partial charge on any atom is -0.503 e. The summed E-state index contributed by atoms with van der Waals surface area (Å²) in [7, 11) is 0. The summed E-state index contributed by atoms with van der Waals surface area (Å²) in [6, 6.07) is 0.412. The van der Waals surface area contributed by atoms with Crippen molar-refractivity contribution in [3.8, 4) is 5.75 Å². The van der Waals surface area contributed by atoms with Crippen LogP contribution in [0.15, 0.2) is 6.07 Å². The van der Waals surface area contributed by atoms with Crippen molar-refractivity contribution >= 4 is 5.91 Å². The molecule has 0 aromatic heterocycles. The van der Waals surface area contributed by atoms with E-state index in [1.54, 1.807) is 6.92 Å². The fourth-order valence-electron chi connectivity index (χ4n) is 1.09. The van der Waals surface area contributed by atoms with Crippen molar-refractivity contribution in [2.45, 2.75) is 13.3 Å². The van der Waals surface area contributed by atoms with Gasteiger partial charge in [0, 0.05) is 6.54 Å². The molecule has 1 aromatic rings. The number of amides is 1. The lowest BCUT2D eigenvalue weighted by Gasteiger charge is -2.07. The molecule has 3 nitrogen and oxygen atoms in total. The number of hydrogen-bond donors (Lipinski definition) is 2. The number of hydrogen-bond acceptors (Lipinski definition) is 2. The Kier molecular flexibility index (Phi) is 3.76. The van der Waals surface area contributed by atoms with E-state index in [1.165, 1.54) is 0 Å². The van der Waals surface area contributed by atoms with Gasteiger partial charge in [0.05, 0.1) is 5.56 Å². The summed E-state index contributed by atoms with van der Waals surface area (Å²) in [5, 5.41) is 11.2. The summed E-state index contributed by atoms with van der Waals surface area (Å²) in [6.45, 7) is 2.05. The van der Waals surface area contributed by atoms with E-state index in [-0.39, 0.29) is 6.54 Å². The molecule has 0 bridgehead atoms. The van der Waals surface area contributed by atoms with Gasteiger partial charge in [-0.2, -0.15) is 4.39 Å². The lowest BCUT2D eigenvalue weighted by atomic mass is 10.1. The summed E-state index contributed by atoms with van der Waals surface area (Å²) in [4.78, 5) is 11.3. The molecule has 0 heterocycles. The molecule has 0 saturated carbocycles. The second-order valence-electron chi connectivity index (χ2n) is 3.14. The molecular weight excluding hydrogens is 223 g/mol. The monoisotopic (exact) mass is 233 g/mol. The molecule has 1 rings (SSSR count). The molecule has 0 aliphatic rings. The summed E-state index contributed by atoms with van der Waals surface area (Å²) < 4.78 is 38.7. The minimum atomic E-state index is -1.70. The number of phenols is 1. The standard InChI is InChI=1S/C10H10F3NO2/c1-2-3-14-10(16)5-4-6(11)8(13)9(15)7(5)12/h4,15H,2-3H2,1H3,(H,14,16). The van der Waals surface area contributed by atoms with Crippen LogP contribution in [0.1, 0.15) is 23.7 Å². The minimum absolute atomic E-state index is 0.276. The van der Waals surface area contributed by atoms with Crippen molar-refractivity contribution in [2.24, 2.45) is 0 Å². The van der Waals surface area contributed by atoms with Gasteiger partial charge in [0.15, 0.2) is 17.4 Å². The lowest BCUT2D eigenvalue weighted by Crippen LogP contribution is -2.25. The Labute approximate surface area is 89.9 Å². The van der Waals surface area contributed by atoms with E-state index in [1.807, 2.05) is 0 Å². The number of benzene rings is 1. The molecule has 0 atom stereocenters. The molecule has 88 valence electrons. The molecular formula is C10H10F3NO2. The first kappa shape index (κ1) is 12.4. The van der Waals surface area contributed by atoms with Crippen LogP contribution in [0.5, 0.6) is 5.75 Å². The normalized spacial score (nSPS) is 10.2. The maximum absolute atomic E-state index is 13.2. The first-order valence-electron chi connectivity index (χ1n) is 4.63. The molecule has 0 radical (unpaired) electrons. The molecule has 0 fully saturated rings. The van der Waals surface area contributed by atoms with Crippen LogP contribution in [-0.2, 0) is 0 Å². The van der Waals surface area contributed by atoms with Crippen LogP contribution in [0.25, 0.3) is 0 Å². The van der Waals surface area contributed by atoms with Crippen LogP contribution in [-0.4, -0.2) is 17.6 Å². The zero-order chi connectivity index (χ0) is 12.3. The summed E-state index contributed by atoms with van der Waals surface area (Å²) >= 11 is 0. The second kappa shape index (κ2) is 4.87. The molecule has 0 unspecified atom stereocenters. The van der Waals surface area contributed by atoms with Gasteiger partial charge in [-0.25, -0.2) is 8.78 Å². The summed E-state index contributed by atoms with van der Waals surface area (Å²) in [5.41, 5.74) is -0.718. The largest absolute Gasteiger partial charge is 0.503 e. The molecule has 1 amide bonds. The quantitative estimate of drug-likeness (QED) is 0.784. The van der Waals surface area contributed by atoms with Gasteiger partial charge < -0.3 is 10.4 Å². The first-order chi connectivity index (χ1) is 7.49. The van der Waals surface area contributed by atoms with Crippen molar-refractivity contribution in [2.75, 3.05) is 6.54 Å². The number of phenolic OH excluding ortho intramolecular Hbond substituents is 1. The highest BCUT2D eigenvalue weighted by Crippen LogP contribution is 2.25. The van der Waals surface area contributed by atoms with Gasteiger partial charge in [0.1, 0.15) is 0 Å². The number of rotatable bonds is 3. The highest BCUT2D eigenvalue weighted by Gasteiger charge is 2.21. The topological polar surface area (TPSA) is 49.3 Å². The van der Waals surface area contributed by atoms with Crippen molar-refractivity contribution in [1.29, 1.82) is 0 Å². The summed E-state index contributed by atoms with van der Waals surface area (Å²) in [6.07, 6.45) is 0.614. The highest BCUT2D eigenvalue weighted by molar-refractivity contribution is 5.94. The van der Waals surface area contributed by atoms with E-state index >= 15 is 0 Å². The van der Waals surface area contributed by atoms with Crippen molar-refractivity contribution in [3.05, 3.63) is 29.1 Å². The molecule has 6 heteroatoms. The number of carbonyl (C=O) groups is 1. The van der Waals surface area contributed by atoms with Gasteiger partial charge in [-0.15, -0.1) is 0 Å².